The van der Waals surface area contributed by atoms with E-state index >= 15 is 0 Å². The molecular weight excluding hydrogens is 360 g/mol. The second-order valence-electron chi connectivity index (χ2n) is 6.42. The van der Waals surface area contributed by atoms with E-state index in [1.54, 1.807) is 12.4 Å². The molecule has 0 radical (unpaired) electrons. The molecule has 0 aliphatic rings. The summed E-state index contributed by atoms with van der Waals surface area (Å²) in [6.07, 6.45) is 3.33. The third-order valence-corrected chi connectivity index (χ3v) is 4.14. The molecule has 0 amide bonds. The Kier molecular flexibility index (Phi) is 8.00. The molecule has 27 heavy (non-hydrogen) atoms. The minimum Gasteiger partial charge on any atom is -0.428 e. The van der Waals surface area contributed by atoms with Crippen LogP contribution in [0, 0.1) is 0 Å². The molecule has 1 aromatic heterocycles. The van der Waals surface area contributed by atoms with Crippen molar-refractivity contribution in [2.75, 3.05) is 0 Å². The molecule has 0 saturated heterocycles. The fourth-order valence-corrected chi connectivity index (χ4v) is 2.62. The van der Waals surface area contributed by atoms with Crippen molar-refractivity contribution in [2.45, 2.75) is 64.4 Å². The van der Waals surface area contributed by atoms with E-state index in [1.165, 1.54) is 56.4 Å². The fourth-order valence-electron chi connectivity index (χ4n) is 2.62. The zero-order chi connectivity index (χ0) is 19.7. The lowest BCUT2D eigenvalue weighted by Crippen LogP contribution is -2.33. The summed E-state index contributed by atoms with van der Waals surface area (Å²) < 4.78 is 54.1. The van der Waals surface area contributed by atoms with Crippen LogP contribution in [0.25, 0.3) is 11.4 Å². The standard InChI is InChI=1S/C20H24F4N2O/c1-2-3-4-5-6-7-8-15-13-25-18(26-14-15)16-9-11-17(12-10-16)27-20(23,24)19(21)22/h9-14,19H,2-8H2,1H3. The van der Waals surface area contributed by atoms with Gasteiger partial charge in [-0.05, 0) is 42.7 Å². The van der Waals surface area contributed by atoms with E-state index in [1.807, 2.05) is 0 Å². The van der Waals surface area contributed by atoms with Gasteiger partial charge in [0.1, 0.15) is 5.75 Å². The zero-order valence-electron chi connectivity index (χ0n) is 15.3. The van der Waals surface area contributed by atoms with Gasteiger partial charge in [-0.1, -0.05) is 39.0 Å². The van der Waals surface area contributed by atoms with E-state index in [2.05, 4.69) is 21.6 Å². The third-order valence-electron chi connectivity index (χ3n) is 4.14. The predicted molar refractivity (Wildman–Crippen MR) is 96.1 cm³/mol. The first-order valence-corrected chi connectivity index (χ1v) is 9.18. The number of unbranched alkanes of at least 4 members (excludes halogenated alkanes) is 5. The lowest BCUT2D eigenvalue weighted by atomic mass is 10.1. The number of benzene rings is 1. The van der Waals surface area contributed by atoms with Gasteiger partial charge < -0.3 is 4.74 Å². The van der Waals surface area contributed by atoms with E-state index in [9.17, 15) is 17.6 Å². The first kappa shape index (κ1) is 21.1. The van der Waals surface area contributed by atoms with Gasteiger partial charge in [-0.15, -0.1) is 0 Å². The van der Waals surface area contributed by atoms with Crippen molar-refractivity contribution >= 4 is 0 Å². The highest BCUT2D eigenvalue weighted by molar-refractivity contribution is 5.55. The Morgan fingerprint density at radius 1 is 0.926 bits per heavy atom. The molecule has 0 fully saturated rings. The van der Waals surface area contributed by atoms with Gasteiger partial charge in [-0.25, -0.2) is 9.97 Å². The van der Waals surface area contributed by atoms with Gasteiger partial charge in [-0.3, -0.25) is 0 Å². The first-order chi connectivity index (χ1) is 12.9. The number of ether oxygens (including phenoxy) is 1. The SMILES string of the molecule is CCCCCCCCc1cnc(-c2ccc(OC(F)(F)C(F)F)cc2)nc1. The maximum atomic E-state index is 12.9. The van der Waals surface area contributed by atoms with Gasteiger partial charge in [0.25, 0.3) is 0 Å². The van der Waals surface area contributed by atoms with Crippen molar-refractivity contribution in [1.82, 2.24) is 9.97 Å². The summed E-state index contributed by atoms with van der Waals surface area (Å²) in [5, 5.41) is 0. The number of nitrogens with zero attached hydrogens (tertiary/aromatic N) is 2. The lowest BCUT2D eigenvalue weighted by molar-refractivity contribution is -0.253. The largest absolute Gasteiger partial charge is 0.461 e. The topological polar surface area (TPSA) is 35.0 Å². The van der Waals surface area contributed by atoms with Gasteiger partial charge >= 0.3 is 12.5 Å². The number of aromatic nitrogens is 2. The fraction of sp³-hybridized carbons (Fsp3) is 0.500. The van der Waals surface area contributed by atoms with Crippen molar-refractivity contribution in [3.05, 3.63) is 42.2 Å². The summed E-state index contributed by atoms with van der Waals surface area (Å²) in [5.74, 6) is 0.0950. The second kappa shape index (κ2) is 10.2. The predicted octanol–water partition coefficient (Wildman–Crippen LogP) is 6.28. The van der Waals surface area contributed by atoms with Crippen molar-refractivity contribution in [3.63, 3.8) is 0 Å². The molecule has 148 valence electrons. The van der Waals surface area contributed by atoms with Gasteiger partial charge in [0.15, 0.2) is 5.82 Å². The van der Waals surface area contributed by atoms with Crippen LogP contribution in [0.3, 0.4) is 0 Å². The van der Waals surface area contributed by atoms with Crippen LogP contribution in [0.5, 0.6) is 5.75 Å². The average Bonchev–Trinajstić information content (AvgIpc) is 2.65. The number of halogens is 4. The summed E-state index contributed by atoms with van der Waals surface area (Å²) in [6.45, 7) is 2.19. The summed E-state index contributed by atoms with van der Waals surface area (Å²) >= 11 is 0. The Bertz CT molecular complexity index is 675. The highest BCUT2D eigenvalue weighted by Gasteiger charge is 2.43. The molecule has 3 nitrogen and oxygen atoms in total. The number of hydrogen-bond donors (Lipinski definition) is 0. The van der Waals surface area contributed by atoms with E-state index in [0.29, 0.717) is 11.4 Å². The van der Waals surface area contributed by atoms with Crippen molar-refractivity contribution in [1.29, 1.82) is 0 Å². The van der Waals surface area contributed by atoms with Gasteiger partial charge in [0.2, 0.25) is 0 Å². The smallest absolute Gasteiger partial charge is 0.428 e. The van der Waals surface area contributed by atoms with Crippen LogP contribution in [0.1, 0.15) is 51.0 Å². The molecule has 0 aliphatic heterocycles. The van der Waals surface area contributed by atoms with E-state index in [4.69, 9.17) is 0 Å². The zero-order valence-corrected chi connectivity index (χ0v) is 15.3. The van der Waals surface area contributed by atoms with Gasteiger partial charge in [0.05, 0.1) is 0 Å². The average molecular weight is 384 g/mol. The van der Waals surface area contributed by atoms with E-state index in [-0.39, 0.29) is 5.75 Å². The number of alkyl halides is 4. The summed E-state index contributed by atoms with van der Waals surface area (Å²) in [6, 6.07) is 5.30. The minimum atomic E-state index is -4.52. The first-order valence-electron chi connectivity index (χ1n) is 9.18. The maximum absolute atomic E-state index is 12.9. The number of aryl methyl sites for hydroxylation is 1. The molecule has 0 saturated carbocycles. The van der Waals surface area contributed by atoms with Crippen LogP contribution in [0.4, 0.5) is 17.6 Å². The Morgan fingerprint density at radius 3 is 2.11 bits per heavy atom. The molecule has 1 heterocycles. The van der Waals surface area contributed by atoms with Crippen LogP contribution < -0.4 is 4.74 Å². The Balaban J connectivity index is 1.87. The van der Waals surface area contributed by atoms with Crippen molar-refractivity contribution in [2.24, 2.45) is 0 Å². The molecule has 0 bridgehead atoms. The Labute approximate surface area is 156 Å². The Hall–Kier alpha value is -2.18. The van der Waals surface area contributed by atoms with Crippen LogP contribution in [0.15, 0.2) is 36.7 Å². The van der Waals surface area contributed by atoms with Crippen LogP contribution in [-0.4, -0.2) is 22.5 Å². The molecule has 2 rings (SSSR count). The maximum Gasteiger partial charge on any atom is 0.461 e. The van der Waals surface area contributed by atoms with Crippen LogP contribution in [0.2, 0.25) is 0 Å². The summed E-state index contributed by atoms with van der Waals surface area (Å²) in [5.41, 5.74) is 1.64. The molecule has 0 atom stereocenters. The van der Waals surface area contributed by atoms with Gasteiger partial charge in [0, 0.05) is 18.0 Å². The highest BCUT2D eigenvalue weighted by Crippen LogP contribution is 2.28. The molecule has 0 unspecified atom stereocenters. The highest BCUT2D eigenvalue weighted by atomic mass is 19.3. The van der Waals surface area contributed by atoms with Crippen LogP contribution >= 0.6 is 0 Å². The summed E-state index contributed by atoms with van der Waals surface area (Å²) in [4.78, 5) is 8.58. The quantitative estimate of drug-likeness (QED) is 0.338. The third kappa shape index (κ3) is 6.81. The number of rotatable bonds is 11. The van der Waals surface area contributed by atoms with Crippen LogP contribution in [-0.2, 0) is 6.42 Å². The minimum absolute atomic E-state index is 0.344. The van der Waals surface area contributed by atoms with Crippen molar-refractivity contribution in [3.8, 4) is 17.1 Å². The molecule has 0 spiro atoms. The summed E-state index contributed by atoms with van der Waals surface area (Å²) in [7, 11) is 0. The Morgan fingerprint density at radius 2 is 1.52 bits per heavy atom. The van der Waals surface area contributed by atoms with Crippen molar-refractivity contribution < 1.29 is 22.3 Å². The second-order valence-corrected chi connectivity index (χ2v) is 6.42. The molecule has 0 N–H and O–H groups in total. The van der Waals surface area contributed by atoms with E-state index in [0.717, 1.165) is 18.4 Å². The van der Waals surface area contributed by atoms with Gasteiger partial charge in [-0.2, -0.15) is 17.6 Å². The lowest BCUT2D eigenvalue weighted by Gasteiger charge is -2.16. The molecule has 2 aromatic rings. The van der Waals surface area contributed by atoms with E-state index < -0.39 is 12.5 Å². The normalized spacial score (nSPS) is 11.8. The molecule has 7 heteroatoms. The molecular formula is C20H24F4N2O. The molecule has 1 aromatic carbocycles. The monoisotopic (exact) mass is 384 g/mol. The molecule has 0 aliphatic carbocycles. The number of hydrogen-bond acceptors (Lipinski definition) is 3.